The van der Waals surface area contributed by atoms with Crippen LogP contribution in [0, 0.1) is 0 Å². The highest BCUT2D eigenvalue weighted by molar-refractivity contribution is 7.22. The topological polar surface area (TPSA) is 32.7 Å². The highest BCUT2D eigenvalue weighted by atomic mass is 35.5. The van der Waals surface area contributed by atoms with Gasteiger partial charge in [0.25, 0.3) is 5.91 Å². The van der Waals surface area contributed by atoms with Gasteiger partial charge in [0.1, 0.15) is 5.70 Å². The lowest BCUT2D eigenvalue weighted by molar-refractivity contribution is -0.113. The van der Waals surface area contributed by atoms with E-state index in [2.05, 4.69) is 0 Å². The Morgan fingerprint density at radius 2 is 1.75 bits per heavy atom. The Balaban J connectivity index is 1.71. The number of benzene rings is 2. The molecule has 1 amide bonds. The maximum absolute atomic E-state index is 13.3. The number of amides is 1. The van der Waals surface area contributed by atoms with Gasteiger partial charge in [0.05, 0.1) is 15.6 Å². The Labute approximate surface area is 174 Å². The van der Waals surface area contributed by atoms with Crippen LogP contribution in [0.15, 0.2) is 82.8 Å². The molecule has 6 heteroatoms. The molecule has 2 aromatic carbocycles. The fourth-order valence-electron chi connectivity index (χ4n) is 3.15. The molecular formula is C22H13ClN2OS2. The largest absolute Gasteiger partial charge is 0.282 e. The van der Waals surface area contributed by atoms with Crippen LogP contribution in [-0.4, -0.2) is 11.7 Å². The Hall–Kier alpha value is -2.73. The molecule has 0 fully saturated rings. The normalized spacial score (nSPS) is 15.6. The number of para-hydroxylation sites is 1. The van der Waals surface area contributed by atoms with Crippen molar-refractivity contribution in [2.45, 2.75) is 0 Å². The van der Waals surface area contributed by atoms with E-state index in [4.69, 9.17) is 16.6 Å². The summed E-state index contributed by atoms with van der Waals surface area (Å²) in [5.74, 6) is 0.424. The van der Waals surface area contributed by atoms with Gasteiger partial charge in [0, 0.05) is 15.0 Å². The Morgan fingerprint density at radius 1 is 0.964 bits per heavy atom. The van der Waals surface area contributed by atoms with E-state index in [9.17, 15) is 4.79 Å². The molecule has 0 bridgehead atoms. The molecule has 0 N–H and O–H groups in total. The SMILES string of the molecule is O=C1/C(=C\c2cccs2)N=C(c2sc3ccccc3c2Cl)N1c1ccccc1. The first-order chi connectivity index (χ1) is 13.7. The average Bonchev–Trinajstić information content (AvgIpc) is 3.43. The molecule has 4 aromatic rings. The number of thiophene rings is 2. The van der Waals surface area contributed by atoms with Gasteiger partial charge >= 0.3 is 0 Å². The van der Waals surface area contributed by atoms with Crippen molar-refractivity contribution in [3.63, 3.8) is 0 Å². The van der Waals surface area contributed by atoms with E-state index in [-0.39, 0.29) is 5.91 Å². The zero-order valence-corrected chi connectivity index (χ0v) is 16.9. The molecule has 2 aromatic heterocycles. The first kappa shape index (κ1) is 17.4. The minimum Gasteiger partial charge on any atom is -0.266 e. The highest BCUT2D eigenvalue weighted by Crippen LogP contribution is 2.39. The maximum atomic E-state index is 13.3. The molecule has 3 heterocycles. The number of hydrogen-bond acceptors (Lipinski definition) is 4. The van der Waals surface area contributed by atoms with Gasteiger partial charge in [0.2, 0.25) is 0 Å². The van der Waals surface area contributed by atoms with Gasteiger partial charge in [0.15, 0.2) is 5.84 Å². The van der Waals surface area contributed by atoms with Gasteiger partial charge in [-0.1, -0.05) is 54.1 Å². The van der Waals surface area contributed by atoms with Gasteiger partial charge < -0.3 is 0 Å². The number of carbonyl (C=O) groups is 1. The van der Waals surface area contributed by atoms with Gasteiger partial charge in [-0.15, -0.1) is 22.7 Å². The van der Waals surface area contributed by atoms with Crippen molar-refractivity contribution in [3.05, 3.63) is 92.6 Å². The molecule has 1 aliphatic rings. The molecule has 1 aliphatic heterocycles. The second-order valence-corrected chi connectivity index (χ2v) is 8.61. The fraction of sp³-hybridized carbons (Fsp3) is 0. The van der Waals surface area contributed by atoms with Crippen LogP contribution in [-0.2, 0) is 4.79 Å². The first-order valence-electron chi connectivity index (χ1n) is 8.63. The van der Waals surface area contributed by atoms with Crippen molar-refractivity contribution < 1.29 is 4.79 Å². The van der Waals surface area contributed by atoms with Crippen molar-refractivity contribution >= 4 is 67.9 Å². The lowest BCUT2D eigenvalue weighted by Crippen LogP contribution is -2.32. The van der Waals surface area contributed by atoms with Crippen LogP contribution in [0.2, 0.25) is 5.02 Å². The number of amidine groups is 1. The number of halogens is 1. The summed E-state index contributed by atoms with van der Waals surface area (Å²) in [4.78, 5) is 21.4. The molecule has 28 heavy (non-hydrogen) atoms. The van der Waals surface area contributed by atoms with Crippen LogP contribution in [0.5, 0.6) is 0 Å². The molecule has 0 unspecified atom stereocenters. The third kappa shape index (κ3) is 2.88. The summed E-state index contributed by atoms with van der Waals surface area (Å²) in [5.41, 5.74) is 1.18. The van der Waals surface area contributed by atoms with E-state index < -0.39 is 0 Å². The number of rotatable bonds is 3. The van der Waals surface area contributed by atoms with Gasteiger partial charge in [-0.25, -0.2) is 4.99 Å². The van der Waals surface area contributed by atoms with Gasteiger partial charge in [-0.2, -0.15) is 0 Å². The van der Waals surface area contributed by atoms with E-state index in [1.807, 2.05) is 78.2 Å². The quantitative estimate of drug-likeness (QED) is 0.350. The first-order valence-corrected chi connectivity index (χ1v) is 10.7. The van der Waals surface area contributed by atoms with E-state index in [0.29, 0.717) is 16.6 Å². The fourth-order valence-corrected chi connectivity index (χ4v) is 5.30. The minimum absolute atomic E-state index is 0.150. The van der Waals surface area contributed by atoms with Gasteiger partial charge in [-0.05, 0) is 35.7 Å². The third-order valence-electron chi connectivity index (χ3n) is 4.43. The highest BCUT2D eigenvalue weighted by Gasteiger charge is 2.34. The number of aliphatic imine (C=N–C) groups is 1. The second kappa shape index (κ2) is 7.02. The number of anilines is 1. The van der Waals surface area contributed by atoms with Crippen LogP contribution in [0.1, 0.15) is 9.75 Å². The zero-order valence-electron chi connectivity index (χ0n) is 14.5. The van der Waals surface area contributed by atoms with Crippen molar-refractivity contribution in [2.24, 2.45) is 4.99 Å². The Kier molecular flexibility index (Phi) is 4.36. The van der Waals surface area contributed by atoms with Crippen LogP contribution >= 0.6 is 34.3 Å². The lowest BCUT2D eigenvalue weighted by atomic mass is 10.2. The predicted molar refractivity (Wildman–Crippen MR) is 120 cm³/mol. The number of carbonyl (C=O) groups excluding carboxylic acids is 1. The molecule has 0 spiro atoms. The van der Waals surface area contributed by atoms with E-state index >= 15 is 0 Å². The molecule has 0 aliphatic carbocycles. The second-order valence-electron chi connectivity index (χ2n) is 6.20. The maximum Gasteiger partial charge on any atom is 0.282 e. The summed E-state index contributed by atoms with van der Waals surface area (Å²) in [6.07, 6.45) is 1.83. The van der Waals surface area contributed by atoms with Crippen LogP contribution in [0.4, 0.5) is 5.69 Å². The zero-order chi connectivity index (χ0) is 19.1. The van der Waals surface area contributed by atoms with Gasteiger partial charge in [-0.3, -0.25) is 9.69 Å². The average molecular weight is 421 g/mol. The number of fused-ring (bicyclic) bond motifs is 1. The Morgan fingerprint density at radius 3 is 2.50 bits per heavy atom. The number of hydrogen-bond donors (Lipinski definition) is 0. The molecule has 0 saturated heterocycles. The summed E-state index contributed by atoms with van der Waals surface area (Å²) < 4.78 is 1.07. The van der Waals surface area contributed by atoms with E-state index in [1.165, 1.54) is 0 Å². The minimum atomic E-state index is -0.150. The van der Waals surface area contributed by atoms with E-state index in [1.54, 1.807) is 27.6 Å². The van der Waals surface area contributed by atoms with Crippen LogP contribution in [0.3, 0.4) is 0 Å². The summed E-state index contributed by atoms with van der Waals surface area (Å²) >= 11 is 9.83. The molecule has 0 saturated carbocycles. The predicted octanol–water partition coefficient (Wildman–Crippen LogP) is 6.45. The molecular weight excluding hydrogens is 408 g/mol. The van der Waals surface area contributed by atoms with E-state index in [0.717, 1.165) is 25.5 Å². The molecule has 5 rings (SSSR count). The monoisotopic (exact) mass is 420 g/mol. The van der Waals surface area contributed by atoms with Crippen molar-refractivity contribution in [1.82, 2.24) is 0 Å². The summed E-state index contributed by atoms with van der Waals surface area (Å²) in [5, 5.41) is 3.59. The molecule has 0 atom stereocenters. The third-order valence-corrected chi connectivity index (χ3v) is 6.93. The lowest BCUT2D eigenvalue weighted by Gasteiger charge is -2.17. The smallest absolute Gasteiger partial charge is 0.266 e. The van der Waals surface area contributed by atoms with Crippen LogP contribution < -0.4 is 4.90 Å². The number of nitrogens with zero attached hydrogens (tertiary/aromatic N) is 2. The van der Waals surface area contributed by atoms with Crippen molar-refractivity contribution in [1.29, 1.82) is 0 Å². The molecule has 0 radical (unpaired) electrons. The molecule has 136 valence electrons. The standard InChI is InChI=1S/C22H13ClN2OS2/c23-19-16-10-4-5-11-18(16)28-20(19)21-24-17(13-15-9-6-12-27-15)22(26)25(21)14-7-2-1-3-8-14/h1-13H/b17-13+. The van der Waals surface area contributed by atoms with Crippen molar-refractivity contribution in [3.8, 4) is 0 Å². The summed E-state index contributed by atoms with van der Waals surface area (Å²) in [6, 6.07) is 21.5. The molecule has 3 nitrogen and oxygen atoms in total. The van der Waals surface area contributed by atoms with Crippen molar-refractivity contribution in [2.75, 3.05) is 4.90 Å². The van der Waals surface area contributed by atoms with Crippen LogP contribution in [0.25, 0.3) is 16.2 Å². The summed E-state index contributed by atoms with van der Waals surface area (Å²) in [7, 11) is 0. The Bertz CT molecular complexity index is 1240. The summed E-state index contributed by atoms with van der Waals surface area (Å²) in [6.45, 7) is 0.